The number of halogens is 3. The molecule has 0 aliphatic heterocycles. The van der Waals surface area contributed by atoms with E-state index in [2.05, 4.69) is 5.32 Å². The standard InChI is InChI=1S/C13H16F3NO2/c1-2-19-9-3-8-17-12(18)10-4-6-11(7-5-10)13(14,15)16/h4-7H,2-3,8-9H2,1H3,(H,17,18). The predicted octanol–water partition coefficient (Wildman–Crippen LogP) is 2.86. The first-order valence-corrected chi connectivity index (χ1v) is 5.98. The smallest absolute Gasteiger partial charge is 0.382 e. The maximum Gasteiger partial charge on any atom is 0.416 e. The molecule has 0 atom stereocenters. The molecule has 6 heteroatoms. The zero-order chi connectivity index (χ0) is 14.3. The van der Waals surface area contributed by atoms with Crippen molar-refractivity contribution in [2.24, 2.45) is 0 Å². The zero-order valence-corrected chi connectivity index (χ0v) is 10.6. The van der Waals surface area contributed by atoms with Crippen LogP contribution >= 0.6 is 0 Å². The second kappa shape index (κ2) is 7.13. The van der Waals surface area contributed by atoms with E-state index < -0.39 is 11.7 Å². The summed E-state index contributed by atoms with van der Waals surface area (Å²) in [6.07, 6.45) is -3.72. The van der Waals surface area contributed by atoms with Gasteiger partial charge in [0.1, 0.15) is 0 Å². The lowest BCUT2D eigenvalue weighted by molar-refractivity contribution is -0.137. The van der Waals surface area contributed by atoms with Gasteiger partial charge in [-0.3, -0.25) is 4.79 Å². The lowest BCUT2D eigenvalue weighted by atomic mass is 10.1. The molecule has 0 saturated carbocycles. The van der Waals surface area contributed by atoms with Crippen molar-refractivity contribution in [1.29, 1.82) is 0 Å². The van der Waals surface area contributed by atoms with Crippen LogP contribution < -0.4 is 5.32 Å². The van der Waals surface area contributed by atoms with Gasteiger partial charge in [0.15, 0.2) is 0 Å². The van der Waals surface area contributed by atoms with Gasteiger partial charge in [0.25, 0.3) is 5.91 Å². The molecular weight excluding hydrogens is 259 g/mol. The highest BCUT2D eigenvalue weighted by Crippen LogP contribution is 2.28. The summed E-state index contributed by atoms with van der Waals surface area (Å²) >= 11 is 0. The number of carbonyl (C=O) groups is 1. The quantitative estimate of drug-likeness (QED) is 0.811. The number of amides is 1. The molecule has 0 saturated heterocycles. The van der Waals surface area contributed by atoms with E-state index in [0.29, 0.717) is 26.2 Å². The molecule has 1 N–H and O–H groups in total. The summed E-state index contributed by atoms with van der Waals surface area (Å²) in [4.78, 5) is 11.6. The van der Waals surface area contributed by atoms with Crippen molar-refractivity contribution in [3.8, 4) is 0 Å². The fourth-order valence-electron chi connectivity index (χ4n) is 1.43. The number of benzene rings is 1. The molecule has 106 valence electrons. The van der Waals surface area contributed by atoms with Gasteiger partial charge in [-0.25, -0.2) is 0 Å². The summed E-state index contributed by atoms with van der Waals surface area (Å²) < 4.78 is 42.1. The second-order valence-corrected chi connectivity index (χ2v) is 3.88. The highest BCUT2D eigenvalue weighted by molar-refractivity contribution is 5.94. The van der Waals surface area contributed by atoms with Gasteiger partial charge >= 0.3 is 6.18 Å². The van der Waals surface area contributed by atoms with Crippen LogP contribution in [0.15, 0.2) is 24.3 Å². The minimum absolute atomic E-state index is 0.212. The Bertz CT molecular complexity index is 401. The molecule has 1 aromatic rings. The Labute approximate surface area is 109 Å². The number of ether oxygens (including phenoxy) is 1. The van der Waals surface area contributed by atoms with E-state index in [1.54, 1.807) is 0 Å². The fourth-order valence-corrected chi connectivity index (χ4v) is 1.43. The van der Waals surface area contributed by atoms with Crippen LogP contribution in [0.3, 0.4) is 0 Å². The van der Waals surface area contributed by atoms with Gasteiger partial charge in [0.05, 0.1) is 5.56 Å². The Morgan fingerprint density at radius 2 is 1.89 bits per heavy atom. The number of nitrogens with one attached hydrogen (secondary N) is 1. The number of rotatable bonds is 6. The van der Waals surface area contributed by atoms with Crippen molar-refractivity contribution in [2.75, 3.05) is 19.8 Å². The molecule has 0 aliphatic rings. The average molecular weight is 275 g/mol. The zero-order valence-electron chi connectivity index (χ0n) is 10.6. The molecule has 0 radical (unpaired) electrons. The second-order valence-electron chi connectivity index (χ2n) is 3.88. The molecule has 0 aliphatic carbocycles. The number of hydrogen-bond donors (Lipinski definition) is 1. The van der Waals surface area contributed by atoms with Crippen LogP contribution in [0.1, 0.15) is 29.3 Å². The summed E-state index contributed by atoms with van der Waals surface area (Å²) in [7, 11) is 0. The first kappa shape index (κ1) is 15.5. The molecule has 1 amide bonds. The molecule has 1 aromatic carbocycles. The van der Waals surface area contributed by atoms with Gasteiger partial charge in [-0.05, 0) is 37.6 Å². The molecule has 0 aromatic heterocycles. The van der Waals surface area contributed by atoms with Gasteiger partial charge < -0.3 is 10.1 Å². The minimum Gasteiger partial charge on any atom is -0.382 e. The third kappa shape index (κ3) is 5.30. The Morgan fingerprint density at radius 1 is 1.26 bits per heavy atom. The molecule has 19 heavy (non-hydrogen) atoms. The number of alkyl halides is 3. The summed E-state index contributed by atoms with van der Waals surface area (Å²) in [6.45, 7) is 3.47. The van der Waals surface area contributed by atoms with Gasteiger partial charge in [-0.2, -0.15) is 13.2 Å². The monoisotopic (exact) mass is 275 g/mol. The summed E-state index contributed by atoms with van der Waals surface area (Å²) in [5, 5.41) is 2.62. The topological polar surface area (TPSA) is 38.3 Å². The van der Waals surface area contributed by atoms with E-state index in [1.807, 2.05) is 6.92 Å². The molecule has 0 heterocycles. The van der Waals surface area contributed by atoms with Crippen molar-refractivity contribution in [2.45, 2.75) is 19.5 Å². The maximum absolute atomic E-state index is 12.3. The fraction of sp³-hybridized carbons (Fsp3) is 0.462. The third-order valence-electron chi connectivity index (χ3n) is 2.43. The highest BCUT2D eigenvalue weighted by Gasteiger charge is 2.30. The van der Waals surface area contributed by atoms with Gasteiger partial charge in [-0.15, -0.1) is 0 Å². The largest absolute Gasteiger partial charge is 0.416 e. The Kier molecular flexibility index (Phi) is 5.82. The van der Waals surface area contributed by atoms with Crippen LogP contribution in [-0.4, -0.2) is 25.7 Å². The van der Waals surface area contributed by atoms with E-state index in [1.165, 1.54) is 12.1 Å². The Hall–Kier alpha value is -1.56. The van der Waals surface area contributed by atoms with Gasteiger partial charge in [-0.1, -0.05) is 0 Å². The van der Waals surface area contributed by atoms with Crippen molar-refractivity contribution in [1.82, 2.24) is 5.32 Å². The van der Waals surface area contributed by atoms with Crippen LogP contribution in [0.25, 0.3) is 0 Å². The van der Waals surface area contributed by atoms with Gasteiger partial charge in [0, 0.05) is 25.3 Å². The lowest BCUT2D eigenvalue weighted by Crippen LogP contribution is -2.25. The van der Waals surface area contributed by atoms with Crippen molar-refractivity contribution in [3.63, 3.8) is 0 Å². The Morgan fingerprint density at radius 3 is 2.42 bits per heavy atom. The SMILES string of the molecule is CCOCCCNC(=O)c1ccc(C(F)(F)F)cc1. The molecule has 0 fully saturated rings. The van der Waals surface area contributed by atoms with E-state index >= 15 is 0 Å². The van der Waals surface area contributed by atoms with Crippen LogP contribution in [0, 0.1) is 0 Å². The van der Waals surface area contributed by atoms with Crippen molar-refractivity contribution >= 4 is 5.91 Å². The first-order chi connectivity index (χ1) is 8.95. The Balaban J connectivity index is 2.45. The maximum atomic E-state index is 12.3. The van der Waals surface area contributed by atoms with Crippen LogP contribution in [-0.2, 0) is 10.9 Å². The summed E-state index contributed by atoms with van der Waals surface area (Å²) in [6, 6.07) is 4.13. The van der Waals surface area contributed by atoms with E-state index in [-0.39, 0.29) is 11.5 Å². The van der Waals surface area contributed by atoms with E-state index in [0.717, 1.165) is 12.1 Å². The van der Waals surface area contributed by atoms with Crippen LogP contribution in [0.4, 0.5) is 13.2 Å². The third-order valence-corrected chi connectivity index (χ3v) is 2.43. The normalized spacial score (nSPS) is 11.4. The number of hydrogen-bond acceptors (Lipinski definition) is 2. The summed E-state index contributed by atoms with van der Waals surface area (Å²) in [5.41, 5.74) is -0.551. The molecule has 0 bridgehead atoms. The minimum atomic E-state index is -4.38. The molecule has 1 rings (SSSR count). The van der Waals surface area contributed by atoms with Gasteiger partial charge in [0.2, 0.25) is 0 Å². The molecule has 3 nitrogen and oxygen atoms in total. The van der Waals surface area contributed by atoms with E-state index in [9.17, 15) is 18.0 Å². The predicted molar refractivity (Wildman–Crippen MR) is 64.9 cm³/mol. The van der Waals surface area contributed by atoms with Crippen LogP contribution in [0.2, 0.25) is 0 Å². The first-order valence-electron chi connectivity index (χ1n) is 5.98. The summed E-state index contributed by atoms with van der Waals surface area (Å²) in [5.74, 6) is -0.384. The van der Waals surface area contributed by atoms with Crippen molar-refractivity contribution in [3.05, 3.63) is 35.4 Å². The van der Waals surface area contributed by atoms with E-state index in [4.69, 9.17) is 4.74 Å². The molecule has 0 unspecified atom stereocenters. The lowest BCUT2D eigenvalue weighted by Gasteiger charge is -2.08. The van der Waals surface area contributed by atoms with Crippen molar-refractivity contribution < 1.29 is 22.7 Å². The number of carbonyl (C=O) groups excluding carboxylic acids is 1. The molecular formula is C13H16F3NO2. The van der Waals surface area contributed by atoms with Crippen LogP contribution in [0.5, 0.6) is 0 Å². The molecule has 0 spiro atoms. The average Bonchev–Trinajstić information content (AvgIpc) is 2.37. The highest BCUT2D eigenvalue weighted by atomic mass is 19.4.